The van der Waals surface area contributed by atoms with Crippen LogP contribution in [0.3, 0.4) is 0 Å². The van der Waals surface area contributed by atoms with Crippen LogP contribution in [0.15, 0.2) is 18.2 Å². The number of aryl methyl sites for hydroxylation is 1. The maximum atomic E-state index is 13.0. The fourth-order valence-corrected chi connectivity index (χ4v) is 4.88. The topological polar surface area (TPSA) is 67.4 Å². The number of amides is 2. The Bertz CT molecular complexity index is 710. The molecule has 5 nitrogen and oxygen atoms in total. The van der Waals surface area contributed by atoms with E-state index in [2.05, 4.69) is 29.7 Å². The number of benzene rings is 1. The van der Waals surface area contributed by atoms with Gasteiger partial charge in [-0.3, -0.25) is 9.59 Å². The van der Waals surface area contributed by atoms with Crippen molar-refractivity contribution in [3.05, 3.63) is 29.3 Å². The summed E-state index contributed by atoms with van der Waals surface area (Å²) in [5.41, 5.74) is 1.83. The molecule has 0 aliphatic heterocycles. The Hall–Kier alpha value is -2.04. The number of ether oxygens (including phenoxy) is 1. The lowest BCUT2D eigenvalue weighted by Crippen LogP contribution is -2.60. The summed E-state index contributed by atoms with van der Waals surface area (Å²) >= 11 is 0. The van der Waals surface area contributed by atoms with Crippen molar-refractivity contribution in [3.8, 4) is 5.75 Å². The van der Waals surface area contributed by atoms with E-state index in [4.69, 9.17) is 4.74 Å². The van der Waals surface area contributed by atoms with Crippen LogP contribution >= 0.6 is 0 Å². The molecule has 3 rings (SSSR count). The summed E-state index contributed by atoms with van der Waals surface area (Å²) in [5.74, 6) is 1.10. The summed E-state index contributed by atoms with van der Waals surface area (Å²) in [5, 5.41) is 6.25. The van der Waals surface area contributed by atoms with Gasteiger partial charge in [-0.05, 0) is 67.7 Å². The molecule has 0 aromatic heterocycles. The number of carbonyl (C=O) groups is 2. The van der Waals surface area contributed by atoms with Crippen molar-refractivity contribution in [1.29, 1.82) is 0 Å². The van der Waals surface area contributed by atoms with Crippen LogP contribution in [-0.2, 0) is 16.0 Å². The summed E-state index contributed by atoms with van der Waals surface area (Å²) in [6.07, 6.45) is 10.2. The molecule has 0 spiro atoms. The quantitative estimate of drug-likeness (QED) is 0.642. The number of unbranched alkanes of at least 4 members (excludes halogenated alkanes) is 1. The van der Waals surface area contributed by atoms with Crippen LogP contribution in [0, 0.1) is 0 Å². The molecule has 2 N–H and O–H groups in total. The highest BCUT2D eigenvalue weighted by Crippen LogP contribution is 2.36. The standard InChI is InChI=1S/C24H36N2O3/c1-3-4-15-25-23(28)24(13-6-5-7-14-24)26-22(27)17-19-10-8-9-18-16-20(29-2)11-12-21(18)19/h11-12,16,19H,3-10,13-15,17H2,1-2H3,(H,25,28)(H,26,27). The first-order valence-electron chi connectivity index (χ1n) is 11.3. The van der Waals surface area contributed by atoms with Gasteiger partial charge in [0.15, 0.2) is 0 Å². The summed E-state index contributed by atoms with van der Waals surface area (Å²) in [4.78, 5) is 26.0. The molecule has 0 saturated heterocycles. The lowest BCUT2D eigenvalue weighted by atomic mass is 9.79. The minimum atomic E-state index is -0.722. The molecule has 1 fully saturated rings. The van der Waals surface area contributed by atoms with Gasteiger partial charge in [-0.15, -0.1) is 0 Å². The molecule has 0 heterocycles. The van der Waals surface area contributed by atoms with Gasteiger partial charge in [0, 0.05) is 13.0 Å². The second-order valence-corrected chi connectivity index (χ2v) is 8.66. The van der Waals surface area contributed by atoms with Crippen LogP contribution in [-0.4, -0.2) is 31.0 Å². The number of hydrogen-bond acceptors (Lipinski definition) is 3. The van der Waals surface area contributed by atoms with Crippen molar-refractivity contribution in [1.82, 2.24) is 10.6 Å². The van der Waals surface area contributed by atoms with Crippen molar-refractivity contribution in [2.45, 2.75) is 89.0 Å². The van der Waals surface area contributed by atoms with Crippen molar-refractivity contribution >= 4 is 11.8 Å². The average Bonchev–Trinajstić information content (AvgIpc) is 2.74. The number of nitrogens with one attached hydrogen (secondary N) is 2. The number of fused-ring (bicyclic) bond motifs is 1. The highest BCUT2D eigenvalue weighted by Gasteiger charge is 2.41. The zero-order valence-electron chi connectivity index (χ0n) is 18.0. The van der Waals surface area contributed by atoms with Crippen LogP contribution in [0.5, 0.6) is 5.75 Å². The Morgan fingerprint density at radius 1 is 1.17 bits per heavy atom. The van der Waals surface area contributed by atoms with Gasteiger partial charge in [-0.2, -0.15) is 0 Å². The predicted molar refractivity (Wildman–Crippen MR) is 115 cm³/mol. The van der Waals surface area contributed by atoms with E-state index in [1.54, 1.807) is 7.11 Å². The molecule has 2 amide bonds. The molecule has 2 aliphatic rings. The minimum Gasteiger partial charge on any atom is -0.497 e. The minimum absolute atomic E-state index is 0.00575. The molecule has 1 atom stereocenters. The normalized spacial score (nSPS) is 20.4. The SMILES string of the molecule is CCCCNC(=O)C1(NC(=O)CC2CCCc3cc(OC)ccc32)CCCCC1. The molecule has 1 aromatic carbocycles. The highest BCUT2D eigenvalue weighted by molar-refractivity contribution is 5.91. The van der Waals surface area contributed by atoms with Crippen LogP contribution in [0.25, 0.3) is 0 Å². The maximum Gasteiger partial charge on any atom is 0.245 e. The third-order valence-corrected chi connectivity index (χ3v) is 6.56. The number of hydrogen-bond donors (Lipinski definition) is 2. The van der Waals surface area contributed by atoms with Gasteiger partial charge in [0.25, 0.3) is 0 Å². The molecule has 0 bridgehead atoms. The lowest BCUT2D eigenvalue weighted by Gasteiger charge is -2.37. The molecule has 2 aliphatic carbocycles. The zero-order chi connectivity index (χ0) is 20.7. The lowest BCUT2D eigenvalue weighted by molar-refractivity contribution is -0.135. The molecule has 1 unspecified atom stereocenters. The summed E-state index contributed by atoms with van der Waals surface area (Å²) < 4.78 is 5.35. The second kappa shape index (κ2) is 10.1. The van der Waals surface area contributed by atoms with Gasteiger partial charge in [0.2, 0.25) is 11.8 Å². The zero-order valence-corrected chi connectivity index (χ0v) is 18.0. The smallest absolute Gasteiger partial charge is 0.245 e. The first-order chi connectivity index (χ1) is 14.1. The van der Waals surface area contributed by atoms with Gasteiger partial charge in [-0.1, -0.05) is 38.7 Å². The summed E-state index contributed by atoms with van der Waals surface area (Å²) in [7, 11) is 1.69. The first kappa shape index (κ1) is 21.7. The average molecular weight is 401 g/mol. The molecule has 5 heteroatoms. The molecule has 29 heavy (non-hydrogen) atoms. The van der Waals surface area contributed by atoms with Crippen LogP contribution < -0.4 is 15.4 Å². The Morgan fingerprint density at radius 2 is 1.97 bits per heavy atom. The monoisotopic (exact) mass is 400 g/mol. The van der Waals surface area contributed by atoms with E-state index in [-0.39, 0.29) is 17.7 Å². The van der Waals surface area contributed by atoms with Gasteiger partial charge >= 0.3 is 0 Å². The fraction of sp³-hybridized carbons (Fsp3) is 0.667. The summed E-state index contributed by atoms with van der Waals surface area (Å²) in [6, 6.07) is 6.20. The van der Waals surface area contributed by atoms with E-state index in [1.807, 2.05) is 6.07 Å². The van der Waals surface area contributed by atoms with E-state index >= 15 is 0 Å². The van der Waals surface area contributed by atoms with Gasteiger partial charge in [0.1, 0.15) is 11.3 Å². The molecule has 1 aromatic rings. The molecular weight excluding hydrogens is 364 g/mol. The third kappa shape index (κ3) is 5.31. The second-order valence-electron chi connectivity index (χ2n) is 8.66. The number of methoxy groups -OCH3 is 1. The van der Waals surface area contributed by atoms with Gasteiger partial charge in [0.05, 0.1) is 7.11 Å². The predicted octanol–water partition coefficient (Wildman–Crippen LogP) is 4.24. The van der Waals surface area contributed by atoms with E-state index < -0.39 is 5.54 Å². The molecule has 1 saturated carbocycles. The molecule has 0 radical (unpaired) electrons. The van der Waals surface area contributed by atoms with Crippen molar-refractivity contribution in [3.63, 3.8) is 0 Å². The number of rotatable bonds is 8. The molecular formula is C24H36N2O3. The van der Waals surface area contributed by atoms with Gasteiger partial charge in [-0.25, -0.2) is 0 Å². The van der Waals surface area contributed by atoms with Crippen LogP contribution in [0.1, 0.15) is 88.2 Å². The third-order valence-electron chi connectivity index (χ3n) is 6.56. The van der Waals surface area contributed by atoms with Gasteiger partial charge < -0.3 is 15.4 Å². The fourth-order valence-electron chi connectivity index (χ4n) is 4.88. The molecule has 160 valence electrons. The van der Waals surface area contributed by atoms with Crippen molar-refractivity contribution in [2.75, 3.05) is 13.7 Å². The Balaban J connectivity index is 1.67. The van der Waals surface area contributed by atoms with Crippen molar-refractivity contribution in [2.24, 2.45) is 0 Å². The maximum absolute atomic E-state index is 13.0. The van der Waals surface area contributed by atoms with E-state index in [0.717, 1.165) is 70.0 Å². The first-order valence-corrected chi connectivity index (χ1v) is 11.3. The highest BCUT2D eigenvalue weighted by atomic mass is 16.5. The van der Waals surface area contributed by atoms with E-state index in [1.165, 1.54) is 11.1 Å². The van der Waals surface area contributed by atoms with Crippen molar-refractivity contribution < 1.29 is 14.3 Å². The van der Waals surface area contributed by atoms with E-state index in [0.29, 0.717) is 13.0 Å². The Labute approximate surface area is 175 Å². The summed E-state index contributed by atoms with van der Waals surface area (Å²) in [6.45, 7) is 2.80. The Morgan fingerprint density at radius 3 is 2.69 bits per heavy atom. The van der Waals surface area contributed by atoms with Crippen LogP contribution in [0.2, 0.25) is 0 Å². The largest absolute Gasteiger partial charge is 0.497 e. The number of carbonyl (C=O) groups excluding carboxylic acids is 2. The Kier molecular flexibility index (Phi) is 7.57. The van der Waals surface area contributed by atoms with Crippen LogP contribution in [0.4, 0.5) is 0 Å². The van der Waals surface area contributed by atoms with E-state index in [9.17, 15) is 9.59 Å².